The van der Waals surface area contributed by atoms with Crippen molar-refractivity contribution in [3.8, 4) is 0 Å². The van der Waals surface area contributed by atoms with Crippen LogP contribution in [0.1, 0.15) is 33.3 Å². The molecule has 0 bridgehead atoms. The second-order valence-corrected chi connectivity index (χ2v) is 23.4. The third-order valence-corrected chi connectivity index (χ3v) is 22.3. The molecule has 0 aliphatic rings. The van der Waals surface area contributed by atoms with Gasteiger partial charge in [-0.1, -0.05) is 0 Å². The van der Waals surface area contributed by atoms with Crippen LogP contribution in [0.3, 0.4) is 0 Å². The first-order valence-electron chi connectivity index (χ1n) is 9.33. The number of rotatable bonds is 7. The molecule has 0 unspecified atom stereocenters. The second kappa shape index (κ2) is 9.02. The van der Waals surface area contributed by atoms with Crippen LogP contribution in [0.4, 0.5) is 0 Å². The molecule has 1 aromatic carbocycles. The third-order valence-electron chi connectivity index (χ3n) is 3.71. The molecule has 0 N–H and O–H groups in total. The van der Waals surface area contributed by atoms with Crippen LogP contribution in [-0.4, -0.2) is 57.3 Å². The van der Waals surface area contributed by atoms with Gasteiger partial charge in [0.2, 0.25) is 0 Å². The zero-order valence-corrected chi connectivity index (χ0v) is 22.0. The molecule has 0 saturated carbocycles. The molecule has 1 aromatic rings. The van der Waals surface area contributed by atoms with Crippen LogP contribution >= 0.6 is 0 Å². The Bertz CT molecular complexity index is 546. The summed E-state index contributed by atoms with van der Waals surface area (Å²) in [5.74, 6) is 1.19. The first-order valence-corrected chi connectivity index (χ1v) is 18.1. The summed E-state index contributed by atoms with van der Waals surface area (Å²) in [5, 5.41) is 0. The predicted molar refractivity (Wildman–Crippen MR) is 119 cm³/mol. The molecule has 0 aliphatic carbocycles. The van der Waals surface area contributed by atoms with E-state index in [9.17, 15) is 0 Å². The molecule has 0 heterocycles. The van der Waals surface area contributed by atoms with Crippen LogP contribution < -0.4 is 0 Å². The SMILES string of the molecule is CC(C)N=C(c1ccccc1)[N]([Ge][N]([Si](C)(C)C)[Si](C)(C)C)C(C)C. The van der Waals surface area contributed by atoms with Gasteiger partial charge in [-0.05, 0) is 0 Å². The van der Waals surface area contributed by atoms with Crippen molar-refractivity contribution >= 4 is 38.2 Å². The van der Waals surface area contributed by atoms with Gasteiger partial charge in [0.1, 0.15) is 0 Å². The number of amidine groups is 1. The zero-order valence-electron chi connectivity index (χ0n) is 17.9. The van der Waals surface area contributed by atoms with Crippen molar-refractivity contribution < 1.29 is 0 Å². The van der Waals surface area contributed by atoms with E-state index >= 15 is 0 Å². The molecule has 0 spiro atoms. The number of hydrogen-bond donors (Lipinski definition) is 0. The molecular formula is C19H37GeN3Si2. The minimum atomic E-state index is -1.36. The summed E-state index contributed by atoms with van der Waals surface area (Å²) in [6, 6.07) is 11.5. The third kappa shape index (κ3) is 7.04. The predicted octanol–water partition coefficient (Wildman–Crippen LogP) is 5.06. The Morgan fingerprint density at radius 3 is 1.72 bits per heavy atom. The first kappa shape index (κ1) is 22.7. The van der Waals surface area contributed by atoms with Crippen LogP contribution in [0.15, 0.2) is 35.3 Å². The minimum absolute atomic E-state index is 0.301. The van der Waals surface area contributed by atoms with Gasteiger partial charge in [-0.15, -0.1) is 0 Å². The van der Waals surface area contributed by atoms with Gasteiger partial charge in [0.05, 0.1) is 0 Å². The summed E-state index contributed by atoms with van der Waals surface area (Å²) < 4.78 is 5.59. The fourth-order valence-electron chi connectivity index (χ4n) is 2.93. The number of aliphatic imine (C=N–C) groups is 1. The summed E-state index contributed by atoms with van der Waals surface area (Å²) in [7, 11) is -2.73. The van der Waals surface area contributed by atoms with Gasteiger partial charge in [-0.3, -0.25) is 0 Å². The Morgan fingerprint density at radius 2 is 1.36 bits per heavy atom. The van der Waals surface area contributed by atoms with Crippen LogP contribution in [0, 0.1) is 0 Å². The second-order valence-electron chi connectivity index (χ2n) is 9.15. The molecule has 25 heavy (non-hydrogen) atoms. The van der Waals surface area contributed by atoms with E-state index in [1.807, 2.05) is 0 Å². The van der Waals surface area contributed by atoms with Crippen LogP contribution in [0.25, 0.3) is 0 Å². The fourth-order valence-corrected chi connectivity index (χ4v) is 18.0. The molecule has 0 saturated heterocycles. The van der Waals surface area contributed by atoms with E-state index in [-0.39, 0.29) is 0 Å². The van der Waals surface area contributed by atoms with Gasteiger partial charge in [0, 0.05) is 0 Å². The first-order chi connectivity index (χ1) is 11.3. The standard InChI is InChI=1S/C19H37GeN3Si2/c1-16(2)21-19(18-14-12-11-13-15-18)22(17(3)4)20-23(24(5,6)7)25(8,9)10/h11-17H,1-10H3. The van der Waals surface area contributed by atoms with Gasteiger partial charge in [-0.25, -0.2) is 0 Å². The molecule has 0 amide bonds. The number of nitrogens with zero attached hydrogens (tertiary/aromatic N) is 3. The molecule has 0 aliphatic heterocycles. The quantitative estimate of drug-likeness (QED) is 0.338. The molecular weight excluding hydrogens is 399 g/mol. The average molecular weight is 436 g/mol. The van der Waals surface area contributed by atoms with Crippen molar-refractivity contribution in [1.29, 1.82) is 0 Å². The Morgan fingerprint density at radius 1 is 0.880 bits per heavy atom. The van der Waals surface area contributed by atoms with Crippen molar-refractivity contribution in [2.24, 2.45) is 4.99 Å². The molecule has 0 aromatic heterocycles. The van der Waals surface area contributed by atoms with Gasteiger partial charge in [0.25, 0.3) is 0 Å². The maximum absolute atomic E-state index is 5.06. The molecule has 0 atom stereocenters. The van der Waals surface area contributed by atoms with Gasteiger partial charge in [0.15, 0.2) is 0 Å². The topological polar surface area (TPSA) is 18.8 Å². The maximum atomic E-state index is 5.06. The molecule has 140 valence electrons. The summed E-state index contributed by atoms with van der Waals surface area (Å²) in [6.45, 7) is 24.0. The molecule has 2 radical (unpaired) electrons. The van der Waals surface area contributed by atoms with E-state index in [4.69, 9.17) is 4.99 Å². The Labute approximate surface area is 165 Å². The average Bonchev–Trinajstić information content (AvgIpc) is 2.43. The molecule has 1 rings (SSSR count). The van der Waals surface area contributed by atoms with Crippen molar-refractivity contribution in [3.05, 3.63) is 35.9 Å². The van der Waals surface area contributed by atoms with E-state index in [2.05, 4.69) is 104 Å². The fraction of sp³-hybridized carbons (Fsp3) is 0.632. The number of benzene rings is 1. The molecule has 0 fully saturated rings. The molecule has 6 heteroatoms. The van der Waals surface area contributed by atoms with Gasteiger partial charge < -0.3 is 0 Å². The monoisotopic (exact) mass is 437 g/mol. The van der Waals surface area contributed by atoms with Crippen molar-refractivity contribution in [2.75, 3.05) is 0 Å². The summed E-state index contributed by atoms with van der Waals surface area (Å²) in [6.07, 6.45) is 0. The molecule has 3 nitrogen and oxygen atoms in total. The summed E-state index contributed by atoms with van der Waals surface area (Å²) >= 11 is -0.435. The van der Waals surface area contributed by atoms with E-state index in [1.165, 1.54) is 11.4 Å². The van der Waals surface area contributed by atoms with E-state index in [1.54, 1.807) is 0 Å². The van der Waals surface area contributed by atoms with Crippen LogP contribution in [0.5, 0.6) is 0 Å². The van der Waals surface area contributed by atoms with Crippen molar-refractivity contribution in [1.82, 2.24) is 7.05 Å². The van der Waals surface area contributed by atoms with Crippen LogP contribution in [0.2, 0.25) is 39.3 Å². The van der Waals surface area contributed by atoms with Gasteiger partial charge >= 0.3 is 165 Å². The Balaban J connectivity index is 3.35. The van der Waals surface area contributed by atoms with E-state index < -0.39 is 32.3 Å². The Hall–Kier alpha value is -0.373. The summed E-state index contributed by atoms with van der Waals surface area (Å²) in [5.41, 5.74) is 1.25. The van der Waals surface area contributed by atoms with E-state index in [0.29, 0.717) is 12.1 Å². The van der Waals surface area contributed by atoms with Crippen molar-refractivity contribution in [2.45, 2.75) is 79.1 Å². The number of hydrogen-bond acceptors (Lipinski definition) is 2. The zero-order chi connectivity index (χ0) is 19.4. The normalized spacial score (nSPS) is 13.9. The van der Waals surface area contributed by atoms with Crippen molar-refractivity contribution in [3.63, 3.8) is 0 Å². The van der Waals surface area contributed by atoms with Crippen LogP contribution in [-0.2, 0) is 0 Å². The van der Waals surface area contributed by atoms with Gasteiger partial charge in [-0.2, -0.15) is 0 Å². The Kier molecular flexibility index (Phi) is 8.18. The summed E-state index contributed by atoms with van der Waals surface area (Å²) in [4.78, 5) is 5.06. The van der Waals surface area contributed by atoms with E-state index in [0.717, 1.165) is 0 Å².